The third-order valence-corrected chi connectivity index (χ3v) is 4.01. The maximum Gasteiger partial charge on any atom is 0.254 e. The number of nitrogens with one attached hydrogen (secondary N) is 2. The minimum Gasteiger partial charge on any atom is -0.495 e. The Hall–Kier alpha value is -2.60. The lowest BCUT2D eigenvalue weighted by atomic mass is 10.0. The van der Waals surface area contributed by atoms with E-state index in [9.17, 15) is 14.0 Å². The van der Waals surface area contributed by atoms with E-state index >= 15 is 0 Å². The molecule has 7 heteroatoms. The summed E-state index contributed by atoms with van der Waals surface area (Å²) < 4.78 is 19.0. The van der Waals surface area contributed by atoms with E-state index in [4.69, 9.17) is 16.3 Å². The van der Waals surface area contributed by atoms with Crippen molar-refractivity contribution in [3.05, 3.63) is 58.9 Å². The first kappa shape index (κ1) is 19.7. The Kier molecular flexibility index (Phi) is 6.58. The second-order valence-electron chi connectivity index (χ2n) is 6.01. The van der Waals surface area contributed by atoms with Crippen molar-refractivity contribution in [1.82, 2.24) is 5.32 Å². The van der Waals surface area contributed by atoms with Crippen LogP contribution in [0, 0.1) is 11.7 Å². The number of rotatable bonds is 6. The van der Waals surface area contributed by atoms with Gasteiger partial charge >= 0.3 is 0 Å². The molecule has 2 amide bonds. The molecule has 0 spiro atoms. The lowest BCUT2D eigenvalue weighted by Gasteiger charge is -2.22. The summed E-state index contributed by atoms with van der Waals surface area (Å²) in [6.45, 7) is 3.56. The molecule has 0 aliphatic carbocycles. The molecule has 138 valence electrons. The zero-order valence-corrected chi connectivity index (χ0v) is 15.4. The van der Waals surface area contributed by atoms with E-state index in [2.05, 4.69) is 10.6 Å². The van der Waals surface area contributed by atoms with Crippen molar-refractivity contribution in [3.63, 3.8) is 0 Å². The number of amides is 2. The standard InChI is InChI=1S/C19H20ClFN2O3/c1-11(2)17(23-18(24)13-6-4-5-7-14(13)21)19(25)22-15-10-12(20)8-9-16(15)26-3/h4-11,17H,1-3H3,(H,22,25)(H,23,24)/t17-/m1/s1. The van der Waals surface area contributed by atoms with Crippen molar-refractivity contribution < 1.29 is 18.7 Å². The highest BCUT2D eigenvalue weighted by atomic mass is 35.5. The molecule has 0 fully saturated rings. The number of hydrogen-bond acceptors (Lipinski definition) is 3. The van der Waals surface area contributed by atoms with Crippen molar-refractivity contribution in [2.45, 2.75) is 19.9 Å². The summed E-state index contributed by atoms with van der Waals surface area (Å²) in [5.41, 5.74) is 0.266. The van der Waals surface area contributed by atoms with Gasteiger partial charge in [0.1, 0.15) is 17.6 Å². The lowest BCUT2D eigenvalue weighted by Crippen LogP contribution is -2.47. The minimum atomic E-state index is -0.870. The highest BCUT2D eigenvalue weighted by Gasteiger charge is 2.26. The molecule has 0 saturated carbocycles. The SMILES string of the molecule is COc1ccc(Cl)cc1NC(=O)[C@H](NC(=O)c1ccccc1F)C(C)C. The highest BCUT2D eigenvalue weighted by Crippen LogP contribution is 2.28. The van der Waals surface area contributed by atoms with Crippen molar-refractivity contribution in [2.24, 2.45) is 5.92 Å². The van der Waals surface area contributed by atoms with Crippen LogP contribution in [0.1, 0.15) is 24.2 Å². The first-order chi connectivity index (χ1) is 12.3. The van der Waals surface area contributed by atoms with Gasteiger partial charge in [-0.25, -0.2) is 4.39 Å². The van der Waals surface area contributed by atoms with Gasteiger partial charge in [0, 0.05) is 5.02 Å². The molecule has 0 heterocycles. The number of anilines is 1. The van der Waals surface area contributed by atoms with Crippen molar-refractivity contribution >= 4 is 29.1 Å². The molecular weight excluding hydrogens is 359 g/mol. The number of hydrogen-bond donors (Lipinski definition) is 2. The summed E-state index contributed by atoms with van der Waals surface area (Å²) in [4.78, 5) is 25.0. The van der Waals surface area contributed by atoms with Crippen LogP contribution in [0.15, 0.2) is 42.5 Å². The average molecular weight is 379 g/mol. The summed E-state index contributed by atoms with van der Waals surface area (Å²) in [5.74, 6) is -1.55. The smallest absolute Gasteiger partial charge is 0.254 e. The molecular formula is C19H20ClFN2O3. The Morgan fingerprint density at radius 1 is 1.15 bits per heavy atom. The molecule has 2 N–H and O–H groups in total. The number of methoxy groups -OCH3 is 1. The van der Waals surface area contributed by atoms with Crippen LogP contribution in [-0.4, -0.2) is 25.0 Å². The van der Waals surface area contributed by atoms with Gasteiger partial charge in [-0.1, -0.05) is 37.6 Å². The molecule has 0 unspecified atom stereocenters. The van der Waals surface area contributed by atoms with Gasteiger partial charge in [0.15, 0.2) is 0 Å². The molecule has 0 radical (unpaired) electrons. The maximum atomic E-state index is 13.8. The predicted octanol–water partition coefficient (Wildman–Crippen LogP) is 3.88. The van der Waals surface area contributed by atoms with Crippen LogP contribution < -0.4 is 15.4 Å². The molecule has 2 rings (SSSR count). The van der Waals surface area contributed by atoms with Crippen LogP contribution in [0.3, 0.4) is 0 Å². The summed E-state index contributed by atoms with van der Waals surface area (Å²) in [7, 11) is 1.47. The van der Waals surface area contributed by atoms with Gasteiger partial charge in [-0.05, 0) is 36.2 Å². The Labute approximate surface area is 156 Å². The van der Waals surface area contributed by atoms with Gasteiger partial charge in [0.25, 0.3) is 5.91 Å². The maximum absolute atomic E-state index is 13.8. The molecule has 5 nitrogen and oxygen atoms in total. The number of carbonyl (C=O) groups is 2. The van der Waals surface area contributed by atoms with E-state index in [1.54, 1.807) is 38.1 Å². The van der Waals surface area contributed by atoms with Gasteiger partial charge in [-0.2, -0.15) is 0 Å². The number of halogens is 2. The van der Waals surface area contributed by atoms with E-state index in [0.29, 0.717) is 16.5 Å². The Morgan fingerprint density at radius 2 is 1.85 bits per heavy atom. The molecule has 26 heavy (non-hydrogen) atoms. The third-order valence-electron chi connectivity index (χ3n) is 3.77. The van der Waals surface area contributed by atoms with Gasteiger partial charge < -0.3 is 15.4 Å². The van der Waals surface area contributed by atoms with Gasteiger partial charge in [0.05, 0.1) is 18.4 Å². The molecule has 0 aliphatic heterocycles. The number of benzene rings is 2. The number of carbonyl (C=O) groups excluding carboxylic acids is 2. The fourth-order valence-corrected chi connectivity index (χ4v) is 2.56. The second kappa shape index (κ2) is 8.67. The average Bonchev–Trinajstić information content (AvgIpc) is 2.59. The zero-order chi connectivity index (χ0) is 19.3. The molecule has 2 aromatic rings. The molecule has 1 atom stereocenters. The summed E-state index contributed by atoms with van der Waals surface area (Å²) >= 11 is 5.96. The van der Waals surface area contributed by atoms with E-state index < -0.39 is 23.7 Å². The lowest BCUT2D eigenvalue weighted by molar-refractivity contribution is -0.118. The fourth-order valence-electron chi connectivity index (χ4n) is 2.39. The highest BCUT2D eigenvalue weighted by molar-refractivity contribution is 6.31. The number of ether oxygens (including phenoxy) is 1. The van der Waals surface area contributed by atoms with Gasteiger partial charge in [-0.15, -0.1) is 0 Å². The Bertz CT molecular complexity index is 811. The monoisotopic (exact) mass is 378 g/mol. The normalized spacial score (nSPS) is 11.8. The zero-order valence-electron chi connectivity index (χ0n) is 14.7. The minimum absolute atomic E-state index is 0.119. The summed E-state index contributed by atoms with van der Waals surface area (Å²) in [6, 6.07) is 9.54. The largest absolute Gasteiger partial charge is 0.495 e. The predicted molar refractivity (Wildman–Crippen MR) is 99.1 cm³/mol. The van der Waals surface area contributed by atoms with Crippen molar-refractivity contribution in [3.8, 4) is 5.75 Å². The van der Waals surface area contributed by atoms with Gasteiger partial charge in [-0.3, -0.25) is 9.59 Å². The molecule has 0 aliphatic rings. The quantitative estimate of drug-likeness (QED) is 0.801. The van der Waals surface area contributed by atoms with E-state index in [1.165, 1.54) is 25.3 Å². The van der Waals surface area contributed by atoms with Crippen LogP contribution in [0.4, 0.5) is 10.1 Å². The van der Waals surface area contributed by atoms with Crippen LogP contribution in [0.5, 0.6) is 5.75 Å². The van der Waals surface area contributed by atoms with E-state index in [0.717, 1.165) is 0 Å². The van der Waals surface area contributed by atoms with Crippen LogP contribution in [0.25, 0.3) is 0 Å². The Balaban J connectivity index is 2.19. The molecule has 0 bridgehead atoms. The third kappa shape index (κ3) is 4.73. The van der Waals surface area contributed by atoms with Crippen molar-refractivity contribution in [2.75, 3.05) is 12.4 Å². The van der Waals surface area contributed by atoms with E-state index in [1.807, 2.05) is 0 Å². The van der Waals surface area contributed by atoms with Crippen molar-refractivity contribution in [1.29, 1.82) is 0 Å². The van der Waals surface area contributed by atoms with Crippen LogP contribution >= 0.6 is 11.6 Å². The first-order valence-corrected chi connectivity index (χ1v) is 8.41. The topological polar surface area (TPSA) is 67.4 Å². The van der Waals surface area contributed by atoms with Gasteiger partial charge in [0.2, 0.25) is 5.91 Å². The first-order valence-electron chi connectivity index (χ1n) is 8.03. The molecule has 2 aromatic carbocycles. The fraction of sp³-hybridized carbons (Fsp3) is 0.263. The van der Waals surface area contributed by atoms with Crippen LogP contribution in [-0.2, 0) is 4.79 Å². The second-order valence-corrected chi connectivity index (χ2v) is 6.45. The Morgan fingerprint density at radius 3 is 2.46 bits per heavy atom. The van der Waals surface area contributed by atoms with E-state index in [-0.39, 0.29) is 11.5 Å². The molecule has 0 saturated heterocycles. The van der Waals surface area contributed by atoms with Crippen LogP contribution in [0.2, 0.25) is 5.02 Å². The molecule has 0 aromatic heterocycles. The summed E-state index contributed by atoms with van der Waals surface area (Å²) in [5, 5.41) is 5.71. The summed E-state index contributed by atoms with van der Waals surface area (Å²) in [6.07, 6.45) is 0.